The van der Waals surface area contributed by atoms with Crippen molar-refractivity contribution in [2.45, 2.75) is 40.7 Å². The number of nitrogens with zero attached hydrogens (tertiary/aromatic N) is 3. The number of aromatic nitrogens is 1. The van der Waals surface area contributed by atoms with Crippen molar-refractivity contribution in [3.05, 3.63) is 58.7 Å². The maximum Gasteiger partial charge on any atom is 0.257 e. The Labute approximate surface area is 183 Å². The van der Waals surface area contributed by atoms with Crippen molar-refractivity contribution in [3.63, 3.8) is 0 Å². The van der Waals surface area contributed by atoms with Crippen LogP contribution in [-0.4, -0.2) is 52.8 Å². The Hall–Kier alpha value is -2.80. The van der Waals surface area contributed by atoms with Gasteiger partial charge in [-0.05, 0) is 55.7 Å². The van der Waals surface area contributed by atoms with Crippen molar-refractivity contribution in [1.82, 2.24) is 14.8 Å². The minimum absolute atomic E-state index is 0.0481. The number of aryl methyl sites for hydroxylation is 1. The highest BCUT2D eigenvalue weighted by molar-refractivity contribution is 6.04. The number of rotatable bonds is 6. The minimum atomic E-state index is -0.386. The van der Waals surface area contributed by atoms with Crippen LogP contribution in [0.25, 0.3) is 0 Å². The predicted molar refractivity (Wildman–Crippen MR) is 119 cm³/mol. The number of benzene rings is 1. The van der Waals surface area contributed by atoms with E-state index in [1.165, 1.54) is 18.3 Å². The molecule has 3 rings (SSSR count). The van der Waals surface area contributed by atoms with Crippen molar-refractivity contribution < 1.29 is 14.0 Å². The maximum atomic E-state index is 14.3. The standard InChI is InChI=1S/C24H31FN4O2/c1-5-16(2)24(31)29-10-8-28(9-11-29)15-20-12-21(25)13-22(18(20)4)27-23(30)19-7-6-17(3)26-14-19/h6-7,12-14,16H,5,8-11,15H2,1-4H3,(H,27,30). The van der Waals surface area contributed by atoms with E-state index in [0.717, 1.165) is 36.3 Å². The lowest BCUT2D eigenvalue weighted by molar-refractivity contribution is -0.136. The summed E-state index contributed by atoms with van der Waals surface area (Å²) < 4.78 is 14.3. The van der Waals surface area contributed by atoms with Crippen LogP contribution in [0.1, 0.15) is 47.4 Å². The first-order valence-electron chi connectivity index (χ1n) is 10.8. The molecule has 0 aliphatic carbocycles. The topological polar surface area (TPSA) is 65.5 Å². The molecule has 6 nitrogen and oxygen atoms in total. The van der Waals surface area contributed by atoms with E-state index in [2.05, 4.69) is 15.2 Å². The van der Waals surface area contributed by atoms with Crippen LogP contribution < -0.4 is 5.32 Å². The van der Waals surface area contributed by atoms with Crippen molar-refractivity contribution in [1.29, 1.82) is 0 Å². The molecule has 0 spiro atoms. The molecule has 1 aliphatic rings. The zero-order valence-corrected chi connectivity index (χ0v) is 18.7. The number of piperazine rings is 1. The molecule has 7 heteroatoms. The van der Waals surface area contributed by atoms with E-state index in [1.54, 1.807) is 12.1 Å². The van der Waals surface area contributed by atoms with Gasteiger partial charge in [0, 0.05) is 56.2 Å². The normalized spacial score (nSPS) is 15.6. The van der Waals surface area contributed by atoms with Gasteiger partial charge in [0.1, 0.15) is 5.82 Å². The molecule has 0 bridgehead atoms. The molecule has 1 aromatic carbocycles. The summed E-state index contributed by atoms with van der Waals surface area (Å²) in [5, 5.41) is 2.81. The van der Waals surface area contributed by atoms with Gasteiger partial charge < -0.3 is 10.2 Å². The van der Waals surface area contributed by atoms with Gasteiger partial charge >= 0.3 is 0 Å². The Morgan fingerprint density at radius 3 is 2.48 bits per heavy atom. The first kappa shape index (κ1) is 22.9. The molecule has 1 unspecified atom stereocenters. The van der Waals surface area contributed by atoms with Gasteiger partial charge in [0.25, 0.3) is 5.91 Å². The molecule has 1 aromatic heterocycles. The van der Waals surface area contributed by atoms with Gasteiger partial charge in [0.2, 0.25) is 5.91 Å². The van der Waals surface area contributed by atoms with Gasteiger partial charge in [-0.1, -0.05) is 13.8 Å². The fourth-order valence-electron chi connectivity index (χ4n) is 3.68. The number of carbonyl (C=O) groups is 2. The van der Waals surface area contributed by atoms with Gasteiger partial charge in [-0.2, -0.15) is 0 Å². The third-order valence-corrected chi connectivity index (χ3v) is 6.01. The lowest BCUT2D eigenvalue weighted by atomic mass is 10.0. The first-order valence-corrected chi connectivity index (χ1v) is 10.8. The van der Waals surface area contributed by atoms with E-state index >= 15 is 0 Å². The van der Waals surface area contributed by atoms with E-state index in [1.807, 2.05) is 32.6 Å². The van der Waals surface area contributed by atoms with Crippen LogP contribution in [0, 0.1) is 25.6 Å². The second-order valence-electron chi connectivity index (χ2n) is 8.29. The lowest BCUT2D eigenvalue weighted by Crippen LogP contribution is -2.49. The molecule has 2 aromatic rings. The monoisotopic (exact) mass is 426 g/mol. The minimum Gasteiger partial charge on any atom is -0.340 e. The van der Waals surface area contributed by atoms with E-state index in [4.69, 9.17) is 0 Å². The highest BCUT2D eigenvalue weighted by Crippen LogP contribution is 2.24. The summed E-state index contributed by atoms with van der Waals surface area (Å²) in [4.78, 5) is 33.2. The molecule has 1 saturated heterocycles. The fraction of sp³-hybridized carbons (Fsp3) is 0.458. The molecule has 166 valence electrons. The summed E-state index contributed by atoms with van der Waals surface area (Å²) in [6.07, 6.45) is 2.36. The molecule has 1 fully saturated rings. The highest BCUT2D eigenvalue weighted by Gasteiger charge is 2.24. The van der Waals surface area contributed by atoms with Gasteiger partial charge in [-0.15, -0.1) is 0 Å². The van der Waals surface area contributed by atoms with E-state index in [9.17, 15) is 14.0 Å². The third-order valence-electron chi connectivity index (χ3n) is 6.01. The number of nitrogens with one attached hydrogen (secondary N) is 1. The fourth-order valence-corrected chi connectivity index (χ4v) is 3.68. The molecule has 1 N–H and O–H groups in total. The Bertz CT molecular complexity index is 937. The van der Waals surface area contributed by atoms with Crippen molar-refractivity contribution in [3.8, 4) is 0 Å². The number of amides is 2. The lowest BCUT2D eigenvalue weighted by Gasteiger charge is -2.36. The third kappa shape index (κ3) is 5.67. The summed E-state index contributed by atoms with van der Waals surface area (Å²) in [6, 6.07) is 6.34. The number of hydrogen-bond donors (Lipinski definition) is 1. The molecule has 2 amide bonds. The summed E-state index contributed by atoms with van der Waals surface area (Å²) in [7, 11) is 0. The largest absolute Gasteiger partial charge is 0.340 e. The average Bonchev–Trinajstić information content (AvgIpc) is 2.76. The number of anilines is 1. The Kier molecular flexibility index (Phi) is 7.38. The molecule has 1 aliphatic heterocycles. The average molecular weight is 427 g/mol. The maximum absolute atomic E-state index is 14.3. The molecule has 1 atom stereocenters. The van der Waals surface area contributed by atoms with Crippen LogP contribution in [0.2, 0.25) is 0 Å². The van der Waals surface area contributed by atoms with Crippen molar-refractivity contribution in [2.24, 2.45) is 5.92 Å². The Morgan fingerprint density at radius 1 is 1.16 bits per heavy atom. The molecule has 31 heavy (non-hydrogen) atoms. The first-order chi connectivity index (χ1) is 14.8. The SMILES string of the molecule is CCC(C)C(=O)N1CCN(Cc2cc(F)cc(NC(=O)c3ccc(C)nc3)c2C)CC1. The zero-order chi connectivity index (χ0) is 22.5. The second-order valence-corrected chi connectivity index (χ2v) is 8.29. The van der Waals surface area contributed by atoms with Crippen molar-refractivity contribution >= 4 is 17.5 Å². The highest BCUT2D eigenvalue weighted by atomic mass is 19.1. The van der Waals surface area contributed by atoms with Crippen LogP contribution >= 0.6 is 0 Å². The molecule has 2 heterocycles. The van der Waals surface area contributed by atoms with Crippen LogP contribution in [-0.2, 0) is 11.3 Å². The Morgan fingerprint density at radius 2 is 1.87 bits per heavy atom. The summed E-state index contributed by atoms with van der Waals surface area (Å²) >= 11 is 0. The number of pyridine rings is 1. The number of halogens is 1. The quantitative estimate of drug-likeness (QED) is 0.764. The van der Waals surface area contributed by atoms with Crippen LogP contribution in [0.3, 0.4) is 0 Å². The second kappa shape index (κ2) is 10.0. The van der Waals surface area contributed by atoms with Gasteiger partial charge in [-0.25, -0.2) is 4.39 Å². The number of hydrogen-bond acceptors (Lipinski definition) is 4. The van der Waals surface area contributed by atoms with Gasteiger partial charge in [-0.3, -0.25) is 19.5 Å². The summed E-state index contributed by atoms with van der Waals surface area (Å²) in [5.74, 6) is -0.445. The molecular weight excluding hydrogens is 395 g/mol. The Balaban J connectivity index is 1.66. The smallest absolute Gasteiger partial charge is 0.257 e. The predicted octanol–water partition coefficient (Wildman–Crippen LogP) is 3.78. The molecule has 0 radical (unpaired) electrons. The number of carbonyl (C=O) groups excluding carboxylic acids is 2. The van der Waals surface area contributed by atoms with Crippen LogP contribution in [0.15, 0.2) is 30.5 Å². The molecular formula is C24H31FN4O2. The van der Waals surface area contributed by atoms with E-state index < -0.39 is 0 Å². The van der Waals surface area contributed by atoms with E-state index in [-0.39, 0.29) is 23.5 Å². The van der Waals surface area contributed by atoms with Crippen LogP contribution in [0.5, 0.6) is 0 Å². The van der Waals surface area contributed by atoms with E-state index in [0.29, 0.717) is 30.9 Å². The molecule has 0 saturated carbocycles. The van der Waals surface area contributed by atoms with Gasteiger partial charge in [0.05, 0.1) is 5.56 Å². The van der Waals surface area contributed by atoms with Gasteiger partial charge in [0.15, 0.2) is 0 Å². The summed E-state index contributed by atoms with van der Waals surface area (Å²) in [6.45, 7) is 11.2. The summed E-state index contributed by atoms with van der Waals surface area (Å²) in [5.41, 5.74) is 3.39. The van der Waals surface area contributed by atoms with Crippen molar-refractivity contribution in [2.75, 3.05) is 31.5 Å². The van der Waals surface area contributed by atoms with Crippen LogP contribution in [0.4, 0.5) is 10.1 Å². The zero-order valence-electron chi connectivity index (χ0n) is 18.7.